The van der Waals surface area contributed by atoms with Crippen LogP contribution in [0.25, 0.3) is 34.4 Å². The van der Waals surface area contributed by atoms with Crippen LogP contribution in [0.1, 0.15) is 132 Å². The summed E-state index contributed by atoms with van der Waals surface area (Å²) in [4.78, 5) is 0. The number of aryl methyl sites for hydroxylation is 2. The van der Waals surface area contributed by atoms with Crippen LogP contribution in [0.15, 0.2) is 96.1 Å². The van der Waals surface area contributed by atoms with Crippen LogP contribution in [0.4, 0.5) is 0 Å². The molecule has 0 amide bonds. The second-order valence-electron chi connectivity index (χ2n) is 18.5. The SMILES string of the molecule is CCC1(CC2=Cc3c(-c4ccc(C)cc4)cccc3[CH]2[Zr]([Cl])([Cl])([CH]2C(CC3(CC)CCCC3)=Cc3c(-c4ccc(C)cc4)cccc32)[SiH](C)C)CCCC1. The van der Waals surface area contributed by atoms with E-state index in [1.807, 2.05) is 0 Å². The number of hydrogen-bond donors (Lipinski definition) is 0. The average molecular weight is 852 g/mol. The summed E-state index contributed by atoms with van der Waals surface area (Å²) in [6.45, 7) is 14.3. The first-order valence-corrected chi connectivity index (χ1v) is 37.6. The Labute approximate surface area is 335 Å². The van der Waals surface area contributed by atoms with Gasteiger partial charge in [0, 0.05) is 0 Å². The van der Waals surface area contributed by atoms with E-state index in [0.29, 0.717) is 10.8 Å². The fraction of sp³-hybridized carbons (Fsp3) is 0.440. The third-order valence-electron chi connectivity index (χ3n) is 15.2. The van der Waals surface area contributed by atoms with E-state index >= 15 is 0 Å². The molecule has 4 aliphatic rings. The molecule has 0 aliphatic heterocycles. The van der Waals surface area contributed by atoms with Gasteiger partial charge in [0.05, 0.1) is 0 Å². The molecule has 0 radical (unpaired) electrons. The van der Waals surface area contributed by atoms with Crippen LogP contribution in [0.2, 0.25) is 13.1 Å². The molecular formula is C50H61Cl2SiZr. The summed E-state index contributed by atoms with van der Waals surface area (Å²) in [6.07, 6.45) is 20.6. The Balaban J connectivity index is 1.37. The molecule has 2 fully saturated rings. The van der Waals surface area contributed by atoms with Gasteiger partial charge in [-0.05, 0) is 0 Å². The zero-order valence-electron chi connectivity index (χ0n) is 33.7. The minimum atomic E-state index is -5.03. The van der Waals surface area contributed by atoms with Crippen molar-refractivity contribution in [1.29, 1.82) is 0 Å². The molecule has 8 rings (SSSR count). The molecule has 0 aromatic heterocycles. The van der Waals surface area contributed by atoms with Gasteiger partial charge in [0.15, 0.2) is 0 Å². The van der Waals surface area contributed by atoms with Gasteiger partial charge < -0.3 is 0 Å². The van der Waals surface area contributed by atoms with E-state index in [-0.39, 0.29) is 7.25 Å². The van der Waals surface area contributed by atoms with Crippen molar-refractivity contribution in [3.05, 3.63) is 129 Å². The van der Waals surface area contributed by atoms with Gasteiger partial charge in [-0.25, -0.2) is 0 Å². The zero-order valence-corrected chi connectivity index (χ0v) is 38.8. The number of halogens is 2. The molecule has 0 heterocycles. The number of fused-ring (bicyclic) bond motifs is 2. The zero-order chi connectivity index (χ0) is 37.9. The second kappa shape index (κ2) is 14.8. The Bertz CT molecular complexity index is 1950. The van der Waals surface area contributed by atoms with Crippen LogP contribution >= 0.6 is 17.0 Å². The Morgan fingerprint density at radius 1 is 0.574 bits per heavy atom. The molecule has 4 aromatic carbocycles. The first kappa shape index (κ1) is 38.9. The molecule has 2 saturated carbocycles. The van der Waals surface area contributed by atoms with E-state index in [1.165, 1.54) is 120 Å². The van der Waals surface area contributed by atoms with E-state index in [9.17, 15) is 0 Å². The first-order valence-electron chi connectivity index (χ1n) is 21.3. The summed E-state index contributed by atoms with van der Waals surface area (Å²) in [6, 6.07) is 32.5. The number of hydrogen-bond acceptors (Lipinski definition) is 0. The molecule has 2 atom stereocenters. The third kappa shape index (κ3) is 6.50. The quantitative estimate of drug-likeness (QED) is 0.132. The standard InChI is InChI=1S/2C24H27.C2H7Si.2ClH.Zr/c2*1-3-24(13-4-5-14-24)17-19-15-21-7-6-8-22(23(21)16-19)20-11-9-18(2)10-12-20;1-3-2;;;/h2*6-12,15-16H,3-5,13-14,17H2,1-2H3;3H,1-2H3;2*1H;/q;;;;;+2/p-2. The van der Waals surface area contributed by atoms with Crippen LogP contribution in [-0.2, 0) is 15.6 Å². The minimum absolute atomic E-state index is 0.120. The van der Waals surface area contributed by atoms with Crippen molar-refractivity contribution >= 4 is 35.1 Å². The van der Waals surface area contributed by atoms with Crippen LogP contribution in [0.3, 0.4) is 0 Å². The molecule has 4 aromatic rings. The molecule has 283 valence electrons. The monoisotopic (exact) mass is 849 g/mol. The van der Waals surface area contributed by atoms with Gasteiger partial charge in [-0.2, -0.15) is 0 Å². The Morgan fingerprint density at radius 2 is 0.944 bits per heavy atom. The van der Waals surface area contributed by atoms with Gasteiger partial charge in [-0.15, -0.1) is 0 Å². The van der Waals surface area contributed by atoms with E-state index in [0.717, 1.165) is 12.8 Å². The fourth-order valence-electron chi connectivity index (χ4n) is 11.8. The number of rotatable bonds is 11. The van der Waals surface area contributed by atoms with Gasteiger partial charge in [0.25, 0.3) is 0 Å². The topological polar surface area (TPSA) is 0 Å². The number of allylic oxidation sites excluding steroid dienone is 2. The summed E-state index contributed by atoms with van der Waals surface area (Å²) >= 11 is -5.03. The Hall–Kier alpha value is -1.96. The third-order valence-corrected chi connectivity index (χ3v) is 67.1. The summed E-state index contributed by atoms with van der Waals surface area (Å²) in [5.41, 5.74) is 17.3. The van der Waals surface area contributed by atoms with E-state index in [1.54, 1.807) is 11.1 Å². The van der Waals surface area contributed by atoms with Crippen LogP contribution in [0.5, 0.6) is 0 Å². The molecule has 0 nitrogen and oxygen atoms in total. The molecule has 0 saturated heterocycles. The van der Waals surface area contributed by atoms with Crippen molar-refractivity contribution in [2.45, 2.75) is 125 Å². The van der Waals surface area contributed by atoms with Gasteiger partial charge in [0.2, 0.25) is 0 Å². The van der Waals surface area contributed by atoms with Gasteiger partial charge >= 0.3 is 338 Å². The Kier molecular flexibility index (Phi) is 10.6. The molecule has 0 bridgehead atoms. The van der Waals surface area contributed by atoms with Crippen LogP contribution in [-0.4, -0.2) is 5.92 Å². The van der Waals surface area contributed by atoms with E-state index in [2.05, 4.69) is 138 Å². The number of benzene rings is 4. The molecule has 0 N–H and O–H groups in total. The normalized spacial score (nSPS) is 22.1. The maximum atomic E-state index is 9.13. The molecule has 54 heavy (non-hydrogen) atoms. The van der Waals surface area contributed by atoms with Crippen molar-refractivity contribution in [2.24, 2.45) is 10.8 Å². The average Bonchev–Trinajstić information content (AvgIpc) is 3.98. The molecule has 2 unspecified atom stereocenters. The second-order valence-corrected chi connectivity index (χ2v) is 61.0. The predicted octanol–water partition coefficient (Wildman–Crippen LogP) is 15.9. The van der Waals surface area contributed by atoms with Crippen molar-refractivity contribution in [3.63, 3.8) is 0 Å². The van der Waals surface area contributed by atoms with Crippen LogP contribution < -0.4 is 0 Å². The fourth-order valence-corrected chi connectivity index (χ4v) is 43.1. The summed E-state index contributed by atoms with van der Waals surface area (Å²) in [7, 11) is 18.3. The molecule has 0 spiro atoms. The molecule has 4 heteroatoms. The van der Waals surface area contributed by atoms with E-state index < -0.39 is 21.5 Å². The van der Waals surface area contributed by atoms with Crippen molar-refractivity contribution in [3.8, 4) is 22.3 Å². The summed E-state index contributed by atoms with van der Waals surface area (Å²) in [5.74, 6) is -1.71. The van der Waals surface area contributed by atoms with Crippen LogP contribution in [0, 0.1) is 24.7 Å². The predicted molar refractivity (Wildman–Crippen MR) is 237 cm³/mol. The summed E-state index contributed by atoms with van der Waals surface area (Å²) < 4.78 is 0.240. The molecule has 4 aliphatic carbocycles. The maximum absolute atomic E-state index is 9.13. The van der Waals surface area contributed by atoms with E-state index in [4.69, 9.17) is 17.0 Å². The first-order chi connectivity index (χ1) is 25.9. The van der Waals surface area contributed by atoms with Crippen molar-refractivity contribution in [1.82, 2.24) is 0 Å². The van der Waals surface area contributed by atoms with Gasteiger partial charge in [0.1, 0.15) is 0 Å². The van der Waals surface area contributed by atoms with Crippen molar-refractivity contribution in [2.75, 3.05) is 0 Å². The summed E-state index contributed by atoms with van der Waals surface area (Å²) in [5, 5.41) is 0. The Morgan fingerprint density at radius 3 is 1.28 bits per heavy atom. The van der Waals surface area contributed by atoms with Gasteiger partial charge in [-0.3, -0.25) is 0 Å². The van der Waals surface area contributed by atoms with Crippen molar-refractivity contribution < 1.29 is 15.6 Å². The van der Waals surface area contributed by atoms with Gasteiger partial charge in [-0.1, -0.05) is 0 Å². The molecular weight excluding hydrogens is 791 g/mol.